The zero-order chi connectivity index (χ0) is 14.2. The summed E-state index contributed by atoms with van der Waals surface area (Å²) < 4.78 is 38.9. The van der Waals surface area contributed by atoms with E-state index in [0.29, 0.717) is 10.4 Å². The highest BCUT2D eigenvalue weighted by Gasteiger charge is 2.36. The summed E-state index contributed by atoms with van der Waals surface area (Å²) in [6, 6.07) is 3.56. The molecule has 6 heteroatoms. The molecular formula is C13H13BrF3NO. The van der Waals surface area contributed by atoms with Crippen LogP contribution in [0.4, 0.5) is 13.2 Å². The summed E-state index contributed by atoms with van der Waals surface area (Å²) in [7, 11) is 0. The molecule has 0 aliphatic heterocycles. The van der Waals surface area contributed by atoms with Crippen LogP contribution in [0.1, 0.15) is 35.7 Å². The number of hydrogen-bond acceptors (Lipinski definition) is 1. The molecule has 0 aromatic heterocycles. The van der Waals surface area contributed by atoms with Crippen molar-refractivity contribution in [2.45, 2.75) is 32.0 Å². The van der Waals surface area contributed by atoms with Crippen molar-refractivity contribution in [3.63, 3.8) is 0 Å². The summed E-state index contributed by atoms with van der Waals surface area (Å²) >= 11 is 2.99. The van der Waals surface area contributed by atoms with Gasteiger partial charge in [-0.2, -0.15) is 13.2 Å². The van der Waals surface area contributed by atoms with Gasteiger partial charge in [0.15, 0.2) is 0 Å². The molecule has 0 heterocycles. The fraction of sp³-hybridized carbons (Fsp3) is 0.462. The Morgan fingerprint density at radius 3 is 2.53 bits per heavy atom. The predicted molar refractivity (Wildman–Crippen MR) is 68.8 cm³/mol. The van der Waals surface area contributed by atoms with Crippen molar-refractivity contribution >= 4 is 21.8 Å². The number of amides is 1. The number of benzene rings is 1. The fourth-order valence-electron chi connectivity index (χ4n) is 2.23. The molecule has 1 fully saturated rings. The van der Waals surface area contributed by atoms with E-state index >= 15 is 0 Å². The lowest BCUT2D eigenvalue weighted by Crippen LogP contribution is -2.43. The first-order valence-corrected chi connectivity index (χ1v) is 6.74. The highest BCUT2D eigenvalue weighted by Crippen LogP contribution is 2.34. The Labute approximate surface area is 117 Å². The lowest BCUT2D eigenvalue weighted by atomic mass is 9.82. The molecule has 0 unspecified atom stereocenters. The third-order valence-corrected chi connectivity index (χ3v) is 3.73. The van der Waals surface area contributed by atoms with Gasteiger partial charge in [0.05, 0.1) is 11.1 Å². The highest BCUT2D eigenvalue weighted by atomic mass is 79.9. The minimum atomic E-state index is -4.54. The van der Waals surface area contributed by atoms with E-state index in [1.807, 2.05) is 6.92 Å². The van der Waals surface area contributed by atoms with Gasteiger partial charge in [0.1, 0.15) is 0 Å². The third kappa shape index (κ3) is 3.29. The van der Waals surface area contributed by atoms with Gasteiger partial charge >= 0.3 is 6.18 Å². The van der Waals surface area contributed by atoms with Crippen molar-refractivity contribution in [2.75, 3.05) is 0 Å². The summed E-state index contributed by atoms with van der Waals surface area (Å²) in [5.74, 6) is -0.131. The SMILES string of the molecule is CC1CC(NC(=O)c2ccc(Br)cc2C(F)(F)F)C1. The average Bonchev–Trinajstić information content (AvgIpc) is 2.25. The number of hydrogen-bond donors (Lipinski definition) is 1. The van der Waals surface area contributed by atoms with Gasteiger partial charge in [-0.3, -0.25) is 4.79 Å². The standard InChI is InChI=1S/C13H13BrF3NO/c1-7-4-9(5-7)18-12(19)10-3-2-8(14)6-11(10)13(15,16)17/h2-3,6-7,9H,4-5H2,1H3,(H,18,19). The van der Waals surface area contributed by atoms with Crippen molar-refractivity contribution in [3.8, 4) is 0 Å². The van der Waals surface area contributed by atoms with Crippen LogP contribution >= 0.6 is 15.9 Å². The van der Waals surface area contributed by atoms with Gasteiger partial charge in [-0.05, 0) is 37.0 Å². The Morgan fingerprint density at radius 2 is 2.00 bits per heavy atom. The fourth-order valence-corrected chi connectivity index (χ4v) is 2.59. The molecule has 1 aliphatic rings. The van der Waals surface area contributed by atoms with Gasteiger partial charge < -0.3 is 5.32 Å². The number of nitrogens with one attached hydrogen (secondary N) is 1. The topological polar surface area (TPSA) is 29.1 Å². The maximum Gasteiger partial charge on any atom is 0.417 e. The van der Waals surface area contributed by atoms with Crippen LogP contribution in [0.25, 0.3) is 0 Å². The van der Waals surface area contributed by atoms with Gasteiger partial charge in [-0.15, -0.1) is 0 Å². The molecule has 2 nitrogen and oxygen atoms in total. The summed E-state index contributed by atoms with van der Waals surface area (Å²) in [4.78, 5) is 11.9. The average molecular weight is 336 g/mol. The second-order valence-electron chi connectivity index (χ2n) is 4.93. The van der Waals surface area contributed by atoms with Crippen molar-refractivity contribution in [1.82, 2.24) is 5.32 Å². The summed E-state index contributed by atoms with van der Waals surface area (Å²) in [6.07, 6.45) is -2.89. The van der Waals surface area contributed by atoms with E-state index in [0.717, 1.165) is 18.9 Å². The molecule has 0 atom stereocenters. The molecule has 0 saturated heterocycles. The molecule has 1 amide bonds. The molecule has 1 N–H and O–H groups in total. The first kappa shape index (κ1) is 14.4. The van der Waals surface area contributed by atoms with E-state index < -0.39 is 17.6 Å². The Balaban J connectivity index is 2.21. The number of alkyl halides is 3. The maximum absolute atomic E-state index is 12.9. The van der Waals surface area contributed by atoms with Crippen LogP contribution in [0.3, 0.4) is 0 Å². The van der Waals surface area contributed by atoms with Gasteiger partial charge in [-0.25, -0.2) is 0 Å². The molecule has 19 heavy (non-hydrogen) atoms. The smallest absolute Gasteiger partial charge is 0.349 e. The molecule has 0 bridgehead atoms. The molecular weight excluding hydrogens is 323 g/mol. The van der Waals surface area contributed by atoms with Gasteiger partial charge in [0.25, 0.3) is 5.91 Å². The number of carbonyl (C=O) groups is 1. The number of rotatable bonds is 2. The van der Waals surface area contributed by atoms with Gasteiger partial charge in [0, 0.05) is 10.5 Å². The summed E-state index contributed by atoms with van der Waals surface area (Å²) in [5.41, 5.74) is -1.23. The lowest BCUT2D eigenvalue weighted by Gasteiger charge is -2.33. The molecule has 0 spiro atoms. The van der Waals surface area contributed by atoms with Gasteiger partial charge in [-0.1, -0.05) is 22.9 Å². The van der Waals surface area contributed by atoms with E-state index in [4.69, 9.17) is 0 Å². The van der Waals surface area contributed by atoms with Crippen LogP contribution < -0.4 is 5.32 Å². The van der Waals surface area contributed by atoms with E-state index in [9.17, 15) is 18.0 Å². The normalized spacial score (nSPS) is 22.8. The van der Waals surface area contributed by atoms with Crippen molar-refractivity contribution < 1.29 is 18.0 Å². The van der Waals surface area contributed by atoms with Gasteiger partial charge in [0.2, 0.25) is 0 Å². The zero-order valence-electron chi connectivity index (χ0n) is 10.2. The predicted octanol–water partition coefficient (Wildman–Crippen LogP) is 4.00. The van der Waals surface area contributed by atoms with E-state index in [2.05, 4.69) is 21.2 Å². The quantitative estimate of drug-likeness (QED) is 0.869. The Morgan fingerprint density at radius 1 is 1.37 bits per heavy atom. The van der Waals surface area contributed by atoms with Crippen LogP contribution in [-0.2, 0) is 6.18 Å². The minimum absolute atomic E-state index is 0.00719. The second kappa shape index (κ2) is 5.15. The molecule has 1 aromatic carbocycles. The van der Waals surface area contributed by atoms with Crippen molar-refractivity contribution in [2.24, 2.45) is 5.92 Å². The van der Waals surface area contributed by atoms with Crippen LogP contribution in [0.5, 0.6) is 0 Å². The van der Waals surface area contributed by atoms with Crippen molar-refractivity contribution in [3.05, 3.63) is 33.8 Å². The Hall–Kier alpha value is -1.04. The monoisotopic (exact) mass is 335 g/mol. The third-order valence-electron chi connectivity index (χ3n) is 3.24. The Kier molecular flexibility index (Phi) is 3.90. The first-order valence-electron chi connectivity index (χ1n) is 5.95. The van der Waals surface area contributed by atoms with Crippen LogP contribution in [-0.4, -0.2) is 11.9 Å². The van der Waals surface area contributed by atoms with E-state index in [1.165, 1.54) is 12.1 Å². The minimum Gasteiger partial charge on any atom is -0.349 e. The van der Waals surface area contributed by atoms with Crippen LogP contribution in [0, 0.1) is 5.92 Å². The molecule has 1 aromatic rings. The van der Waals surface area contributed by atoms with Crippen molar-refractivity contribution in [1.29, 1.82) is 0 Å². The number of carbonyl (C=O) groups excluding carboxylic acids is 1. The van der Waals surface area contributed by atoms with Crippen LogP contribution in [0.15, 0.2) is 22.7 Å². The zero-order valence-corrected chi connectivity index (χ0v) is 11.8. The molecule has 2 rings (SSSR count). The van der Waals surface area contributed by atoms with E-state index in [-0.39, 0.29) is 11.6 Å². The molecule has 1 aliphatic carbocycles. The molecule has 0 radical (unpaired) electrons. The first-order chi connectivity index (χ1) is 8.77. The Bertz CT molecular complexity index is 495. The summed E-state index contributed by atoms with van der Waals surface area (Å²) in [6.45, 7) is 2.05. The highest BCUT2D eigenvalue weighted by molar-refractivity contribution is 9.10. The largest absolute Gasteiger partial charge is 0.417 e. The molecule has 104 valence electrons. The van der Waals surface area contributed by atoms with E-state index in [1.54, 1.807) is 0 Å². The molecule has 1 saturated carbocycles. The number of halogens is 4. The lowest BCUT2D eigenvalue weighted by molar-refractivity contribution is -0.138. The van der Waals surface area contributed by atoms with Crippen LogP contribution in [0.2, 0.25) is 0 Å². The maximum atomic E-state index is 12.9. The summed E-state index contributed by atoms with van der Waals surface area (Å²) in [5, 5.41) is 2.64. The second-order valence-corrected chi connectivity index (χ2v) is 5.85.